The summed E-state index contributed by atoms with van der Waals surface area (Å²) in [5.41, 5.74) is 0.862. The lowest BCUT2D eigenvalue weighted by Crippen LogP contribution is -2.28. The molecule has 0 spiro atoms. The molecule has 0 aliphatic carbocycles. The lowest BCUT2D eigenvalue weighted by atomic mass is 10.1. The minimum atomic E-state index is -0.320. The predicted octanol–water partition coefficient (Wildman–Crippen LogP) is 4.23. The standard InChI is InChI=1S/C13H19BrN2O2/c1-4-10(3)9-15(5-2)12-7-6-11(14)8-13(12)16(17)18/h6-8,10H,4-5,9H2,1-3H3. The quantitative estimate of drug-likeness (QED) is 0.583. The number of nitro groups is 1. The summed E-state index contributed by atoms with van der Waals surface area (Å²) in [4.78, 5) is 12.9. The van der Waals surface area contributed by atoms with Gasteiger partial charge in [-0.25, -0.2) is 0 Å². The molecular formula is C13H19BrN2O2. The minimum absolute atomic E-state index is 0.162. The fraction of sp³-hybridized carbons (Fsp3) is 0.538. The maximum Gasteiger partial charge on any atom is 0.293 e. The topological polar surface area (TPSA) is 46.4 Å². The average molecular weight is 315 g/mol. The molecule has 0 aliphatic heterocycles. The van der Waals surface area contributed by atoms with Crippen LogP contribution < -0.4 is 4.90 Å². The van der Waals surface area contributed by atoms with Gasteiger partial charge >= 0.3 is 0 Å². The first kappa shape index (κ1) is 15.0. The van der Waals surface area contributed by atoms with E-state index in [1.165, 1.54) is 0 Å². The van der Waals surface area contributed by atoms with Gasteiger partial charge in [-0.2, -0.15) is 0 Å². The van der Waals surface area contributed by atoms with Gasteiger partial charge in [0, 0.05) is 23.6 Å². The van der Waals surface area contributed by atoms with E-state index in [0.717, 1.165) is 24.0 Å². The highest BCUT2D eigenvalue weighted by atomic mass is 79.9. The zero-order valence-corrected chi connectivity index (χ0v) is 12.6. The van der Waals surface area contributed by atoms with Crippen LogP contribution in [0.2, 0.25) is 0 Å². The van der Waals surface area contributed by atoms with Crippen LogP contribution in [0.25, 0.3) is 0 Å². The second-order valence-corrected chi connectivity index (χ2v) is 5.36. The molecule has 18 heavy (non-hydrogen) atoms. The van der Waals surface area contributed by atoms with E-state index in [1.807, 2.05) is 19.1 Å². The van der Waals surface area contributed by atoms with Crippen LogP contribution in [0.1, 0.15) is 27.2 Å². The minimum Gasteiger partial charge on any atom is -0.366 e. The monoisotopic (exact) mass is 314 g/mol. The van der Waals surface area contributed by atoms with Gasteiger partial charge in [0.1, 0.15) is 5.69 Å². The Hall–Kier alpha value is -1.10. The van der Waals surface area contributed by atoms with E-state index < -0.39 is 0 Å². The smallest absolute Gasteiger partial charge is 0.293 e. The Morgan fingerprint density at radius 2 is 2.11 bits per heavy atom. The van der Waals surface area contributed by atoms with Crippen LogP contribution >= 0.6 is 15.9 Å². The molecule has 0 saturated heterocycles. The first-order valence-electron chi connectivity index (χ1n) is 6.18. The van der Waals surface area contributed by atoms with Gasteiger partial charge in [0.25, 0.3) is 5.69 Å². The van der Waals surface area contributed by atoms with Crippen LogP contribution in [-0.4, -0.2) is 18.0 Å². The van der Waals surface area contributed by atoms with Gasteiger partial charge in [-0.1, -0.05) is 36.2 Å². The summed E-state index contributed by atoms with van der Waals surface area (Å²) in [7, 11) is 0. The number of benzene rings is 1. The number of nitro benzene ring substituents is 1. The molecule has 1 aromatic carbocycles. The van der Waals surface area contributed by atoms with Crippen LogP contribution in [0.5, 0.6) is 0 Å². The van der Waals surface area contributed by atoms with Crippen LogP contribution in [0.15, 0.2) is 22.7 Å². The second-order valence-electron chi connectivity index (χ2n) is 4.44. The van der Waals surface area contributed by atoms with E-state index >= 15 is 0 Å². The van der Waals surface area contributed by atoms with Gasteiger partial charge < -0.3 is 4.90 Å². The van der Waals surface area contributed by atoms with Gasteiger partial charge in [0.15, 0.2) is 0 Å². The van der Waals surface area contributed by atoms with Gasteiger partial charge in [0.05, 0.1) is 4.92 Å². The molecule has 0 aliphatic rings. The Kier molecular flexibility index (Phi) is 5.59. The first-order valence-corrected chi connectivity index (χ1v) is 6.97. The molecule has 0 radical (unpaired) electrons. The molecule has 4 nitrogen and oxygen atoms in total. The van der Waals surface area contributed by atoms with Gasteiger partial charge in [-0.3, -0.25) is 10.1 Å². The Morgan fingerprint density at radius 1 is 1.44 bits per heavy atom. The number of hydrogen-bond donors (Lipinski definition) is 0. The van der Waals surface area contributed by atoms with Gasteiger partial charge in [-0.15, -0.1) is 0 Å². The second kappa shape index (κ2) is 6.73. The van der Waals surface area contributed by atoms with Crippen molar-refractivity contribution in [3.63, 3.8) is 0 Å². The van der Waals surface area contributed by atoms with E-state index in [-0.39, 0.29) is 10.6 Å². The molecule has 1 atom stereocenters. The molecule has 0 bridgehead atoms. The molecular weight excluding hydrogens is 296 g/mol. The number of anilines is 1. The highest BCUT2D eigenvalue weighted by Gasteiger charge is 2.19. The summed E-state index contributed by atoms with van der Waals surface area (Å²) in [5, 5.41) is 11.1. The van der Waals surface area contributed by atoms with E-state index in [0.29, 0.717) is 11.6 Å². The van der Waals surface area contributed by atoms with Crippen LogP contribution in [0.4, 0.5) is 11.4 Å². The molecule has 0 N–H and O–H groups in total. The highest BCUT2D eigenvalue weighted by molar-refractivity contribution is 9.10. The predicted molar refractivity (Wildman–Crippen MR) is 78.1 cm³/mol. The average Bonchev–Trinajstić information content (AvgIpc) is 2.35. The van der Waals surface area contributed by atoms with Crippen molar-refractivity contribution < 1.29 is 4.92 Å². The van der Waals surface area contributed by atoms with Crippen molar-refractivity contribution in [3.8, 4) is 0 Å². The zero-order valence-electron chi connectivity index (χ0n) is 11.0. The van der Waals surface area contributed by atoms with Crippen molar-refractivity contribution >= 4 is 27.3 Å². The summed E-state index contributed by atoms with van der Waals surface area (Å²) in [6, 6.07) is 5.23. The maximum atomic E-state index is 11.1. The van der Waals surface area contributed by atoms with Crippen molar-refractivity contribution in [2.45, 2.75) is 27.2 Å². The Bertz CT molecular complexity index is 423. The number of halogens is 1. The molecule has 100 valence electrons. The third-order valence-corrected chi connectivity index (χ3v) is 3.58. The summed E-state index contributed by atoms with van der Waals surface area (Å²) in [6.07, 6.45) is 1.07. The van der Waals surface area contributed by atoms with Crippen LogP contribution in [0, 0.1) is 16.0 Å². The molecule has 0 saturated carbocycles. The van der Waals surface area contributed by atoms with Crippen molar-refractivity contribution in [1.82, 2.24) is 0 Å². The number of nitrogens with zero attached hydrogens (tertiary/aromatic N) is 2. The lowest BCUT2D eigenvalue weighted by molar-refractivity contribution is -0.384. The summed E-state index contributed by atoms with van der Waals surface area (Å²) in [5.74, 6) is 0.521. The van der Waals surface area contributed by atoms with Gasteiger partial charge in [-0.05, 0) is 25.0 Å². The van der Waals surface area contributed by atoms with Crippen LogP contribution in [-0.2, 0) is 0 Å². The fourth-order valence-electron chi connectivity index (χ4n) is 1.81. The first-order chi connectivity index (χ1) is 8.49. The lowest BCUT2D eigenvalue weighted by Gasteiger charge is -2.25. The largest absolute Gasteiger partial charge is 0.366 e. The molecule has 0 amide bonds. The van der Waals surface area contributed by atoms with E-state index in [2.05, 4.69) is 34.7 Å². The molecule has 0 heterocycles. The Morgan fingerprint density at radius 3 is 2.61 bits per heavy atom. The Balaban J connectivity index is 3.08. The third-order valence-electron chi connectivity index (χ3n) is 3.09. The summed E-state index contributed by atoms with van der Waals surface area (Å²) >= 11 is 3.28. The SMILES string of the molecule is CCC(C)CN(CC)c1ccc(Br)cc1[N+](=O)[O-]. The maximum absolute atomic E-state index is 11.1. The molecule has 0 aromatic heterocycles. The fourth-order valence-corrected chi connectivity index (χ4v) is 2.16. The van der Waals surface area contributed by atoms with E-state index in [9.17, 15) is 10.1 Å². The molecule has 1 aromatic rings. The normalized spacial score (nSPS) is 12.2. The van der Waals surface area contributed by atoms with Crippen molar-refractivity contribution in [1.29, 1.82) is 0 Å². The van der Waals surface area contributed by atoms with Crippen LogP contribution in [0.3, 0.4) is 0 Å². The van der Waals surface area contributed by atoms with E-state index in [1.54, 1.807) is 6.07 Å². The van der Waals surface area contributed by atoms with Crippen molar-refractivity contribution in [3.05, 3.63) is 32.8 Å². The Labute approximate surface area is 116 Å². The molecule has 5 heteroatoms. The molecule has 1 rings (SSSR count). The molecule has 1 unspecified atom stereocenters. The van der Waals surface area contributed by atoms with Crippen molar-refractivity contribution in [2.75, 3.05) is 18.0 Å². The summed E-state index contributed by atoms with van der Waals surface area (Å²) < 4.78 is 0.734. The van der Waals surface area contributed by atoms with E-state index in [4.69, 9.17) is 0 Å². The highest BCUT2D eigenvalue weighted by Crippen LogP contribution is 2.31. The van der Waals surface area contributed by atoms with Crippen molar-refractivity contribution in [2.24, 2.45) is 5.92 Å². The zero-order chi connectivity index (χ0) is 13.7. The van der Waals surface area contributed by atoms with Gasteiger partial charge in [0.2, 0.25) is 0 Å². The number of rotatable bonds is 6. The third kappa shape index (κ3) is 3.70. The molecule has 0 fully saturated rings. The summed E-state index contributed by atoms with van der Waals surface area (Å²) in [6.45, 7) is 7.93. The number of hydrogen-bond acceptors (Lipinski definition) is 3.